The molecule has 4 rings (SSSR count). The number of amides is 4. The molecular formula is C17H16F3N3O4. The van der Waals surface area contributed by atoms with Gasteiger partial charge in [-0.3, -0.25) is 19.8 Å². The van der Waals surface area contributed by atoms with Crippen molar-refractivity contribution < 1.29 is 32.3 Å². The molecule has 2 fully saturated rings. The van der Waals surface area contributed by atoms with Crippen LogP contribution in [0.3, 0.4) is 0 Å². The topological polar surface area (TPSA) is 79.0 Å². The number of morpholine rings is 1. The van der Waals surface area contributed by atoms with Crippen molar-refractivity contribution >= 4 is 23.5 Å². The van der Waals surface area contributed by atoms with E-state index in [2.05, 4.69) is 5.32 Å². The summed E-state index contributed by atoms with van der Waals surface area (Å²) >= 11 is 0. The lowest BCUT2D eigenvalue weighted by atomic mass is 9.68. The van der Waals surface area contributed by atoms with E-state index in [0.717, 1.165) is 17.0 Å². The zero-order valence-electron chi connectivity index (χ0n) is 14.3. The molecule has 27 heavy (non-hydrogen) atoms. The quantitative estimate of drug-likeness (QED) is 0.681. The lowest BCUT2D eigenvalue weighted by molar-refractivity contribution is -0.155. The normalized spacial score (nSPS) is 28.1. The number of hydrogen-bond acceptors (Lipinski definition) is 5. The summed E-state index contributed by atoms with van der Waals surface area (Å²) in [6.07, 6.45) is -4.78. The Morgan fingerprint density at radius 1 is 1.26 bits per heavy atom. The summed E-state index contributed by atoms with van der Waals surface area (Å²) in [5.74, 6) is -1.54. The van der Waals surface area contributed by atoms with E-state index in [1.165, 1.54) is 13.1 Å². The van der Waals surface area contributed by atoms with Gasteiger partial charge < -0.3 is 9.64 Å². The Labute approximate surface area is 152 Å². The fourth-order valence-electron chi connectivity index (χ4n) is 4.13. The van der Waals surface area contributed by atoms with Gasteiger partial charge in [-0.1, -0.05) is 0 Å². The largest absolute Gasteiger partial charge is 0.416 e. The van der Waals surface area contributed by atoms with E-state index in [1.54, 1.807) is 4.90 Å². The Hall–Kier alpha value is -2.62. The minimum atomic E-state index is -4.55. The minimum Gasteiger partial charge on any atom is -0.377 e. The fraction of sp³-hybridized carbons (Fsp3) is 0.471. The molecule has 3 aliphatic heterocycles. The highest BCUT2D eigenvalue weighted by Gasteiger charge is 2.62. The highest BCUT2D eigenvalue weighted by atomic mass is 19.4. The molecule has 10 heteroatoms. The van der Waals surface area contributed by atoms with Gasteiger partial charge in [0, 0.05) is 19.3 Å². The number of nitrogens with one attached hydrogen (secondary N) is 1. The molecule has 3 heterocycles. The van der Waals surface area contributed by atoms with Gasteiger partial charge in [-0.05, 0) is 30.2 Å². The number of rotatable bonds is 0. The maximum atomic E-state index is 13.2. The molecule has 3 aliphatic rings. The number of benzene rings is 1. The number of nitrogens with zero attached hydrogens (tertiary/aromatic N) is 2. The van der Waals surface area contributed by atoms with E-state index in [-0.39, 0.29) is 18.6 Å². The number of anilines is 1. The second kappa shape index (κ2) is 5.69. The van der Waals surface area contributed by atoms with E-state index in [9.17, 15) is 27.6 Å². The van der Waals surface area contributed by atoms with Gasteiger partial charge in [0.15, 0.2) is 5.41 Å². The smallest absolute Gasteiger partial charge is 0.377 e. The van der Waals surface area contributed by atoms with E-state index in [4.69, 9.17) is 4.74 Å². The summed E-state index contributed by atoms with van der Waals surface area (Å²) in [7, 11) is 1.24. The number of ether oxygens (including phenoxy) is 1. The van der Waals surface area contributed by atoms with Crippen LogP contribution < -0.4 is 10.2 Å². The number of carbonyl (C=O) groups excluding carboxylic acids is 3. The minimum absolute atomic E-state index is 0.0572. The van der Waals surface area contributed by atoms with Crippen LogP contribution in [0.15, 0.2) is 18.2 Å². The summed E-state index contributed by atoms with van der Waals surface area (Å²) in [5, 5.41) is 2.15. The van der Waals surface area contributed by atoms with E-state index >= 15 is 0 Å². The Morgan fingerprint density at radius 3 is 2.70 bits per heavy atom. The second-order valence-corrected chi connectivity index (χ2v) is 6.90. The predicted octanol–water partition coefficient (Wildman–Crippen LogP) is 1.16. The van der Waals surface area contributed by atoms with Crippen molar-refractivity contribution in [2.75, 3.05) is 31.7 Å². The first-order valence-corrected chi connectivity index (χ1v) is 8.34. The molecular weight excluding hydrogens is 367 g/mol. The zero-order chi connectivity index (χ0) is 19.6. The van der Waals surface area contributed by atoms with Crippen molar-refractivity contribution in [3.8, 4) is 0 Å². The predicted molar refractivity (Wildman–Crippen MR) is 85.8 cm³/mol. The van der Waals surface area contributed by atoms with Crippen LogP contribution >= 0.6 is 0 Å². The molecule has 7 nitrogen and oxygen atoms in total. The first-order valence-electron chi connectivity index (χ1n) is 8.34. The number of fused-ring (bicyclic) bond motifs is 4. The fourth-order valence-corrected chi connectivity index (χ4v) is 4.13. The first-order chi connectivity index (χ1) is 12.7. The third kappa shape index (κ3) is 2.43. The molecule has 1 aromatic rings. The molecule has 0 bridgehead atoms. The van der Waals surface area contributed by atoms with Gasteiger partial charge in [0.1, 0.15) is 0 Å². The summed E-state index contributed by atoms with van der Waals surface area (Å²) < 4.78 is 44.9. The lowest BCUT2D eigenvalue weighted by Gasteiger charge is -2.53. The van der Waals surface area contributed by atoms with Crippen LogP contribution in [0.25, 0.3) is 0 Å². The van der Waals surface area contributed by atoms with Crippen LogP contribution in [0.1, 0.15) is 11.1 Å². The molecule has 2 atom stereocenters. The van der Waals surface area contributed by atoms with Crippen molar-refractivity contribution in [3.63, 3.8) is 0 Å². The SMILES string of the molecule is CN1C(=O)NC(=O)[C@@]2(Cc3cc(C(F)(F)F)ccc3N3CCOC[C@H]32)C1=O. The van der Waals surface area contributed by atoms with Gasteiger partial charge in [-0.15, -0.1) is 0 Å². The molecule has 0 unspecified atom stereocenters. The van der Waals surface area contributed by atoms with Crippen molar-refractivity contribution in [2.24, 2.45) is 5.41 Å². The van der Waals surface area contributed by atoms with Crippen LogP contribution in [-0.2, 0) is 26.9 Å². The highest BCUT2D eigenvalue weighted by Crippen LogP contribution is 2.46. The lowest BCUT2D eigenvalue weighted by Crippen LogP contribution is -2.73. The molecule has 4 amide bonds. The molecule has 144 valence electrons. The van der Waals surface area contributed by atoms with Crippen LogP contribution in [0.2, 0.25) is 0 Å². The van der Waals surface area contributed by atoms with Crippen LogP contribution in [0.4, 0.5) is 23.7 Å². The van der Waals surface area contributed by atoms with Gasteiger partial charge in [-0.25, -0.2) is 4.79 Å². The van der Waals surface area contributed by atoms with Gasteiger partial charge in [-0.2, -0.15) is 13.2 Å². The van der Waals surface area contributed by atoms with E-state index in [1.807, 2.05) is 0 Å². The third-order valence-corrected chi connectivity index (χ3v) is 5.50. The number of carbonyl (C=O) groups is 3. The van der Waals surface area contributed by atoms with Crippen LogP contribution in [0, 0.1) is 5.41 Å². The average molecular weight is 383 g/mol. The summed E-state index contributed by atoms with van der Waals surface area (Å²) in [6.45, 7) is 0.697. The van der Waals surface area contributed by atoms with Crippen molar-refractivity contribution in [1.82, 2.24) is 10.2 Å². The summed E-state index contributed by atoms with van der Waals surface area (Å²) in [4.78, 5) is 40.2. The van der Waals surface area contributed by atoms with Crippen LogP contribution in [0.5, 0.6) is 0 Å². The Balaban J connectivity index is 1.89. The maximum Gasteiger partial charge on any atom is 0.416 e. The van der Waals surface area contributed by atoms with Crippen molar-refractivity contribution in [3.05, 3.63) is 29.3 Å². The molecule has 0 radical (unpaired) electrons. The summed E-state index contributed by atoms with van der Waals surface area (Å²) in [5.41, 5.74) is -1.78. The number of urea groups is 1. The number of halogens is 3. The van der Waals surface area contributed by atoms with E-state index < -0.39 is 41.0 Å². The van der Waals surface area contributed by atoms with Crippen LogP contribution in [-0.4, -0.2) is 55.6 Å². The molecule has 0 aromatic heterocycles. The summed E-state index contributed by atoms with van der Waals surface area (Å²) in [6, 6.07) is 1.76. The Morgan fingerprint density at radius 2 is 2.00 bits per heavy atom. The maximum absolute atomic E-state index is 13.2. The standard InChI is InChI=1S/C17H16F3N3O4/c1-22-14(25)16(13(24)21-15(22)26)7-9-6-10(17(18,19)20)2-3-11(9)23-4-5-27-8-12(16)23/h2-3,6,12H,4-5,7-8H2,1H3,(H,21,24,26)/t12-,16-/m0/s1. The number of imide groups is 2. The van der Waals surface area contributed by atoms with Crippen molar-refractivity contribution in [2.45, 2.75) is 18.6 Å². The number of hydrogen-bond donors (Lipinski definition) is 1. The average Bonchev–Trinajstić information content (AvgIpc) is 2.63. The Bertz CT molecular complexity index is 856. The molecule has 1 N–H and O–H groups in total. The molecule has 0 aliphatic carbocycles. The van der Waals surface area contributed by atoms with Crippen molar-refractivity contribution in [1.29, 1.82) is 0 Å². The highest BCUT2D eigenvalue weighted by molar-refractivity contribution is 6.20. The van der Waals surface area contributed by atoms with Gasteiger partial charge >= 0.3 is 12.2 Å². The van der Waals surface area contributed by atoms with Gasteiger partial charge in [0.2, 0.25) is 11.8 Å². The zero-order valence-corrected chi connectivity index (χ0v) is 14.3. The monoisotopic (exact) mass is 383 g/mol. The first kappa shape index (κ1) is 17.8. The third-order valence-electron chi connectivity index (χ3n) is 5.50. The van der Waals surface area contributed by atoms with E-state index in [0.29, 0.717) is 18.8 Å². The number of barbiturate groups is 1. The van der Waals surface area contributed by atoms with Gasteiger partial charge in [0.05, 0.1) is 24.8 Å². The van der Waals surface area contributed by atoms with Gasteiger partial charge in [0.25, 0.3) is 0 Å². The molecule has 1 aromatic carbocycles. The number of alkyl halides is 3. The molecule has 2 saturated heterocycles. The Kier molecular flexibility index (Phi) is 3.74. The second-order valence-electron chi connectivity index (χ2n) is 6.90. The molecule has 1 spiro atoms. The molecule has 0 saturated carbocycles.